The van der Waals surface area contributed by atoms with Gasteiger partial charge < -0.3 is 4.90 Å². The van der Waals surface area contributed by atoms with E-state index in [1.165, 1.54) is 35.5 Å². The van der Waals surface area contributed by atoms with E-state index < -0.39 is 35.0 Å². The molecule has 204 valence electrons. The lowest BCUT2D eigenvalue weighted by Gasteiger charge is -2.32. The molecule has 1 aliphatic carbocycles. The number of fused-ring (bicyclic) bond motifs is 1. The summed E-state index contributed by atoms with van der Waals surface area (Å²) in [6.45, 7) is 4.38. The number of nitrogens with zero attached hydrogens (tertiary/aromatic N) is 2. The highest BCUT2D eigenvalue weighted by molar-refractivity contribution is 8.08. The Morgan fingerprint density at radius 2 is 1.62 bits per heavy atom. The second-order valence-corrected chi connectivity index (χ2v) is 16.0. The number of sulfonamides is 2. The lowest BCUT2D eigenvalue weighted by molar-refractivity contribution is 0.316. The van der Waals surface area contributed by atoms with Gasteiger partial charge in [-0.15, -0.1) is 0 Å². The molecule has 1 heterocycles. The molecule has 0 radical (unpaired) electrons. The van der Waals surface area contributed by atoms with Crippen molar-refractivity contribution in [3.05, 3.63) is 53.6 Å². The molecule has 12 heteroatoms. The van der Waals surface area contributed by atoms with Crippen LogP contribution in [0.4, 0.5) is 11.4 Å². The van der Waals surface area contributed by atoms with E-state index in [9.17, 15) is 25.3 Å². The molecular weight excluding hydrogens is 534 g/mol. The number of hydrogen-bond acceptors (Lipinski definition) is 7. The lowest BCUT2D eigenvalue weighted by atomic mass is 9.99. The molecule has 37 heavy (non-hydrogen) atoms. The van der Waals surface area contributed by atoms with E-state index in [1.54, 1.807) is 4.31 Å². The maximum absolute atomic E-state index is 13.8. The van der Waals surface area contributed by atoms with Crippen molar-refractivity contribution in [2.75, 3.05) is 34.1 Å². The van der Waals surface area contributed by atoms with Gasteiger partial charge in [-0.1, -0.05) is 25.0 Å². The van der Waals surface area contributed by atoms with Gasteiger partial charge in [0.1, 0.15) is 0 Å². The number of hydrogen-bond donors (Lipinski definition) is 1. The number of nitrogens with one attached hydrogen (secondary N) is 1. The molecule has 1 N–H and O–H groups in total. The van der Waals surface area contributed by atoms with Crippen LogP contribution in [0.25, 0.3) is 0 Å². The maximum atomic E-state index is 13.8. The van der Waals surface area contributed by atoms with Crippen LogP contribution in [0.1, 0.15) is 50.2 Å². The molecule has 0 saturated heterocycles. The summed E-state index contributed by atoms with van der Waals surface area (Å²) in [5, 5.41) is -1.05. The van der Waals surface area contributed by atoms with Gasteiger partial charge in [0, 0.05) is 43.3 Å². The average molecular weight is 570 g/mol. The zero-order valence-electron chi connectivity index (χ0n) is 21.3. The molecule has 0 aromatic heterocycles. The van der Waals surface area contributed by atoms with Crippen molar-refractivity contribution in [1.29, 1.82) is 0 Å². The third-order valence-electron chi connectivity index (χ3n) is 6.91. The third kappa shape index (κ3) is 6.84. The summed E-state index contributed by atoms with van der Waals surface area (Å²) >= 11 is 0. The second-order valence-electron chi connectivity index (χ2n) is 9.92. The van der Waals surface area contributed by atoms with Crippen LogP contribution >= 0.6 is 0 Å². The van der Waals surface area contributed by atoms with Gasteiger partial charge >= 0.3 is 0 Å². The summed E-state index contributed by atoms with van der Waals surface area (Å²) in [5.41, 5.74) is 3.53. The average Bonchev–Trinajstić information content (AvgIpc) is 3.34. The van der Waals surface area contributed by atoms with E-state index >= 15 is 0 Å². The summed E-state index contributed by atoms with van der Waals surface area (Å²) in [6.07, 6.45) is 6.46. The Kier molecular flexibility index (Phi) is 8.22. The molecule has 1 fully saturated rings. The van der Waals surface area contributed by atoms with E-state index in [-0.39, 0.29) is 23.2 Å². The maximum Gasteiger partial charge on any atom is 0.247 e. The van der Waals surface area contributed by atoms with E-state index in [2.05, 4.69) is 28.7 Å². The van der Waals surface area contributed by atoms with Crippen LogP contribution in [0.15, 0.2) is 47.4 Å². The third-order valence-corrected chi connectivity index (χ3v) is 12.3. The van der Waals surface area contributed by atoms with Crippen LogP contribution in [0.3, 0.4) is 0 Å². The van der Waals surface area contributed by atoms with E-state index in [1.807, 2.05) is 6.07 Å². The van der Waals surface area contributed by atoms with Crippen molar-refractivity contribution < 1.29 is 25.3 Å². The first-order chi connectivity index (χ1) is 17.4. The quantitative estimate of drug-likeness (QED) is 0.466. The fourth-order valence-electron chi connectivity index (χ4n) is 5.26. The highest BCUT2D eigenvalue weighted by Crippen LogP contribution is 2.33. The number of rotatable bonds is 10. The number of anilines is 2. The van der Waals surface area contributed by atoms with Crippen molar-refractivity contribution in [3.8, 4) is 0 Å². The number of aryl methyl sites for hydroxylation is 1. The van der Waals surface area contributed by atoms with Gasteiger partial charge in [0.25, 0.3) is 0 Å². The van der Waals surface area contributed by atoms with Crippen LogP contribution in [-0.4, -0.2) is 60.0 Å². The van der Waals surface area contributed by atoms with Crippen molar-refractivity contribution >= 4 is 41.3 Å². The molecule has 2 aromatic carbocycles. The Hall–Kier alpha value is -2.15. The Balaban J connectivity index is 1.58. The van der Waals surface area contributed by atoms with Gasteiger partial charge in [0.15, 0.2) is 14.9 Å². The van der Waals surface area contributed by atoms with Crippen LogP contribution in [-0.2, 0) is 42.8 Å². The Bertz CT molecular complexity index is 1430. The minimum atomic E-state index is -4.13. The molecule has 0 unspecified atom stereocenters. The second kappa shape index (κ2) is 10.9. The van der Waals surface area contributed by atoms with Gasteiger partial charge in [-0.2, -0.15) is 4.31 Å². The highest BCUT2D eigenvalue weighted by atomic mass is 32.3. The Morgan fingerprint density at radius 1 is 0.946 bits per heavy atom. The standard InChI is InChI=1S/C25H35N3O6S3/c1-3-27-16-6-7-21-17-20(10-15-25(21)27)18-28(23-8-4-5-9-23)37(33,34)24-13-11-22(12-14-24)26-36(31,32)19-35(2,29)30/h10-15,17,23,26H,3-9,16,18-19H2,1-2H3. The molecule has 9 nitrogen and oxygen atoms in total. The number of sulfone groups is 1. The zero-order chi connectivity index (χ0) is 26.8. The highest BCUT2D eigenvalue weighted by Gasteiger charge is 2.33. The molecule has 0 bridgehead atoms. The largest absolute Gasteiger partial charge is 0.372 e. The van der Waals surface area contributed by atoms with Gasteiger partial charge in [0.2, 0.25) is 20.0 Å². The Labute approximate surface area is 220 Å². The van der Waals surface area contributed by atoms with Crippen molar-refractivity contribution in [2.24, 2.45) is 0 Å². The summed E-state index contributed by atoms with van der Waals surface area (Å²) in [7, 11) is -11.7. The van der Waals surface area contributed by atoms with E-state index in [4.69, 9.17) is 0 Å². The van der Waals surface area contributed by atoms with Gasteiger partial charge in [0.05, 0.1) is 4.90 Å². The fraction of sp³-hybridized carbons (Fsp3) is 0.520. The monoisotopic (exact) mass is 569 g/mol. The van der Waals surface area contributed by atoms with Crippen molar-refractivity contribution in [2.45, 2.75) is 62.9 Å². The molecule has 1 aliphatic heterocycles. The topological polar surface area (TPSA) is 121 Å². The molecule has 0 atom stereocenters. The first-order valence-electron chi connectivity index (χ1n) is 12.5. The van der Waals surface area contributed by atoms with E-state index in [0.717, 1.165) is 63.4 Å². The summed E-state index contributed by atoms with van der Waals surface area (Å²) < 4.78 is 78.3. The minimum Gasteiger partial charge on any atom is -0.372 e. The smallest absolute Gasteiger partial charge is 0.247 e. The minimum absolute atomic E-state index is 0.0700. The molecule has 0 spiro atoms. The van der Waals surface area contributed by atoms with Gasteiger partial charge in [-0.25, -0.2) is 25.3 Å². The SMILES string of the molecule is CCN1CCCc2cc(CN(C3CCCC3)S(=O)(=O)c3ccc(NS(=O)(=O)CS(C)(=O)=O)cc3)ccc21. The first kappa shape index (κ1) is 27.9. The number of benzene rings is 2. The van der Waals surface area contributed by atoms with Gasteiger partial charge in [-0.05, 0) is 74.1 Å². The van der Waals surface area contributed by atoms with Crippen LogP contribution in [0, 0.1) is 0 Å². The summed E-state index contributed by atoms with van der Waals surface area (Å²) in [4.78, 5) is 2.42. The Morgan fingerprint density at radius 3 is 2.24 bits per heavy atom. The molecule has 2 aliphatic rings. The van der Waals surface area contributed by atoms with Gasteiger partial charge in [-0.3, -0.25) is 4.72 Å². The molecular formula is C25H35N3O6S3. The molecule has 1 saturated carbocycles. The molecule has 2 aromatic rings. The predicted octanol–water partition coefficient (Wildman–Crippen LogP) is 3.34. The van der Waals surface area contributed by atoms with Crippen molar-refractivity contribution in [3.63, 3.8) is 0 Å². The predicted molar refractivity (Wildman–Crippen MR) is 146 cm³/mol. The first-order valence-corrected chi connectivity index (χ1v) is 17.7. The van der Waals surface area contributed by atoms with E-state index in [0.29, 0.717) is 0 Å². The summed E-state index contributed by atoms with van der Waals surface area (Å²) in [6, 6.07) is 11.6. The normalized spacial score (nSPS) is 17.2. The molecule has 0 amide bonds. The van der Waals surface area contributed by atoms with Crippen LogP contribution < -0.4 is 9.62 Å². The lowest BCUT2D eigenvalue weighted by Crippen LogP contribution is -2.38. The molecule has 4 rings (SSSR count). The zero-order valence-corrected chi connectivity index (χ0v) is 23.7. The van der Waals surface area contributed by atoms with Crippen molar-refractivity contribution in [1.82, 2.24) is 4.31 Å². The summed E-state index contributed by atoms with van der Waals surface area (Å²) in [5.74, 6) is 0. The van der Waals surface area contributed by atoms with Crippen LogP contribution in [0.5, 0.6) is 0 Å². The van der Waals surface area contributed by atoms with Crippen LogP contribution in [0.2, 0.25) is 0 Å². The fourth-order valence-corrected chi connectivity index (χ4v) is 9.92.